The molecule has 0 atom stereocenters. The molecule has 0 aliphatic carbocycles. The highest BCUT2D eigenvalue weighted by Crippen LogP contribution is 2.38. The Hall–Kier alpha value is -3.83. The van der Waals surface area contributed by atoms with E-state index in [1.54, 1.807) is 27.7 Å². The van der Waals surface area contributed by atoms with Gasteiger partial charge >= 0.3 is 6.18 Å². The molecule has 1 aromatic carbocycles. The minimum atomic E-state index is -4.71. The van der Waals surface area contributed by atoms with Gasteiger partial charge in [0.2, 0.25) is 10.0 Å². The number of pyridine rings is 2. The molecule has 0 unspecified atom stereocenters. The Kier molecular flexibility index (Phi) is 16.1. The number of fused-ring (bicyclic) bond motifs is 1. The minimum absolute atomic E-state index is 0.0253. The zero-order valence-electron chi connectivity index (χ0n) is 36.7. The maximum absolute atomic E-state index is 15.9. The number of rotatable bonds is 20. The summed E-state index contributed by atoms with van der Waals surface area (Å²) in [5.41, 5.74) is -0.834. The van der Waals surface area contributed by atoms with E-state index >= 15 is 4.39 Å². The maximum Gasteiger partial charge on any atom is 0.393 e. The van der Waals surface area contributed by atoms with Gasteiger partial charge in [-0.1, -0.05) is 50.9 Å². The normalized spacial score (nSPS) is 12.9. The van der Waals surface area contributed by atoms with E-state index in [0.717, 1.165) is 34.8 Å². The first-order valence-electron chi connectivity index (χ1n) is 19.8. The van der Waals surface area contributed by atoms with Crippen molar-refractivity contribution in [3.8, 4) is 17.0 Å². The summed E-state index contributed by atoms with van der Waals surface area (Å²) >= 11 is 6.35. The lowest BCUT2D eigenvalue weighted by Gasteiger charge is -2.23. The second-order valence-electron chi connectivity index (χ2n) is 18.3. The number of halogens is 5. The lowest BCUT2D eigenvalue weighted by molar-refractivity contribution is -0.127. The van der Waals surface area contributed by atoms with Crippen LogP contribution in [0.15, 0.2) is 30.5 Å². The van der Waals surface area contributed by atoms with Crippen molar-refractivity contribution >= 4 is 66.2 Å². The van der Waals surface area contributed by atoms with Crippen molar-refractivity contribution in [2.45, 2.75) is 110 Å². The largest absolute Gasteiger partial charge is 0.464 e. The fourth-order valence-corrected chi connectivity index (χ4v) is 8.69. The van der Waals surface area contributed by atoms with Gasteiger partial charge < -0.3 is 24.8 Å². The summed E-state index contributed by atoms with van der Waals surface area (Å²) in [6.45, 7) is 20.2. The Bertz CT molecular complexity index is 2300. The second-order valence-corrected chi connectivity index (χ2v) is 31.9. The number of ether oxygens (including phenoxy) is 3. The lowest BCUT2D eigenvalue weighted by Crippen LogP contribution is -2.40. The van der Waals surface area contributed by atoms with Gasteiger partial charge in [-0.15, -0.1) is 0 Å². The average Bonchev–Trinajstić information content (AvgIpc) is 3.47. The fraction of sp³-hybridized carbons (Fsp3) is 0.550. The Morgan fingerprint density at radius 2 is 1.61 bits per heavy atom. The number of alkyl halides is 3. The molecule has 3 aromatic heterocycles. The van der Waals surface area contributed by atoms with E-state index in [0.29, 0.717) is 18.8 Å². The highest BCUT2D eigenvalue weighted by Gasteiger charge is 2.32. The molecule has 3 heterocycles. The van der Waals surface area contributed by atoms with Crippen molar-refractivity contribution < 1.29 is 45.0 Å². The molecule has 4 rings (SSSR count). The molecule has 0 radical (unpaired) electrons. The molecule has 0 spiro atoms. The molecular weight excluding hydrogens is 874 g/mol. The van der Waals surface area contributed by atoms with E-state index in [1.807, 2.05) is 0 Å². The van der Waals surface area contributed by atoms with Gasteiger partial charge in [0, 0.05) is 65.3 Å². The predicted molar refractivity (Wildman–Crippen MR) is 238 cm³/mol. The molecule has 0 saturated heterocycles. The first-order valence-corrected chi connectivity index (χ1v) is 29.5. The van der Waals surface area contributed by atoms with Crippen LogP contribution >= 0.6 is 11.6 Å². The molecule has 338 valence electrons. The van der Waals surface area contributed by atoms with Gasteiger partial charge in [-0.25, -0.2) is 27.5 Å². The van der Waals surface area contributed by atoms with Crippen molar-refractivity contribution in [2.75, 3.05) is 42.4 Å². The van der Waals surface area contributed by atoms with Crippen LogP contribution in [0.3, 0.4) is 0 Å². The average molecular weight is 933 g/mol. The molecule has 0 fully saturated rings. The summed E-state index contributed by atoms with van der Waals surface area (Å²) in [5, 5.41) is 11.1. The van der Waals surface area contributed by atoms with Crippen molar-refractivity contribution in [1.82, 2.24) is 25.1 Å². The standard InChI is InChI=1S/C40H58ClF4N7O6SSi2/c1-12-52(59(5,54)55)37-27(17-28(41)23-47-37)22-46-36-34-32(51(24-56-13-15-60(6,7)8)50-35(34)38(53)49-39(2,3)4)20-31(48-36)29-19-30(42)33(18-26(29)21-40(43,44)45)58-25-57-14-16-61(9,10)11/h17-20,23H,12-16,21-22,24-25H2,1-11H3,(H,46,48)(H,49,53). The molecule has 1 amide bonds. The number of amides is 1. The quantitative estimate of drug-likeness (QED) is 0.0380. The van der Waals surface area contributed by atoms with Crippen molar-refractivity contribution in [3.63, 3.8) is 0 Å². The van der Waals surface area contributed by atoms with Crippen LogP contribution < -0.4 is 19.7 Å². The van der Waals surface area contributed by atoms with Crippen LogP contribution in [0.4, 0.5) is 29.2 Å². The number of nitrogens with one attached hydrogen (secondary N) is 2. The summed E-state index contributed by atoms with van der Waals surface area (Å²) in [4.78, 5) is 23.0. The highest BCUT2D eigenvalue weighted by molar-refractivity contribution is 7.92. The lowest BCUT2D eigenvalue weighted by atomic mass is 9.99. The van der Waals surface area contributed by atoms with Gasteiger partial charge in [-0.05, 0) is 69.6 Å². The van der Waals surface area contributed by atoms with E-state index in [2.05, 4.69) is 60.0 Å². The molecule has 0 saturated carbocycles. The maximum atomic E-state index is 15.9. The zero-order valence-corrected chi connectivity index (χ0v) is 40.3. The van der Waals surface area contributed by atoms with Gasteiger partial charge in [0.15, 0.2) is 24.1 Å². The van der Waals surface area contributed by atoms with Crippen LogP contribution in [0.5, 0.6) is 5.75 Å². The number of carbonyl (C=O) groups is 1. The van der Waals surface area contributed by atoms with Crippen molar-refractivity contribution in [1.29, 1.82) is 0 Å². The molecule has 2 N–H and O–H groups in total. The van der Waals surface area contributed by atoms with Crippen LogP contribution in [-0.2, 0) is 39.2 Å². The summed E-state index contributed by atoms with van der Waals surface area (Å²) in [5.74, 6) is -1.91. The molecule has 0 aliphatic heterocycles. The van der Waals surface area contributed by atoms with Crippen molar-refractivity contribution in [2.24, 2.45) is 0 Å². The molecule has 4 aromatic rings. The Balaban J connectivity index is 1.96. The second kappa shape index (κ2) is 19.7. The molecule has 61 heavy (non-hydrogen) atoms. The van der Waals surface area contributed by atoms with Crippen LogP contribution in [0.25, 0.3) is 22.2 Å². The Morgan fingerprint density at radius 3 is 2.18 bits per heavy atom. The van der Waals surface area contributed by atoms with E-state index in [-0.39, 0.29) is 76.7 Å². The minimum Gasteiger partial charge on any atom is -0.464 e. The number of sulfonamides is 1. The first kappa shape index (κ1) is 49.8. The topological polar surface area (TPSA) is 150 Å². The monoisotopic (exact) mass is 931 g/mol. The van der Waals surface area contributed by atoms with Crippen LogP contribution in [-0.4, -0.2) is 94.7 Å². The number of nitrogens with zero attached hydrogens (tertiary/aromatic N) is 5. The SMILES string of the molecule is CCN(c1ncc(Cl)cc1CNc1nc(-c2cc(F)c(OCOCC[Si](C)(C)C)cc2CC(F)(F)F)cc2c1c(C(=O)NC(C)(C)C)nn2COCC[Si](C)(C)C)S(C)(=O)=O. The summed E-state index contributed by atoms with van der Waals surface area (Å²) < 4.78 is 104. The fourth-order valence-electron chi connectivity index (χ4n) is 6.04. The van der Waals surface area contributed by atoms with E-state index in [9.17, 15) is 26.4 Å². The highest BCUT2D eigenvalue weighted by atomic mass is 35.5. The summed E-state index contributed by atoms with van der Waals surface area (Å²) in [6.07, 6.45) is -3.83. The molecule has 13 nitrogen and oxygen atoms in total. The Labute approximate surface area is 363 Å². The van der Waals surface area contributed by atoms with Gasteiger partial charge in [0.1, 0.15) is 18.4 Å². The van der Waals surface area contributed by atoms with E-state index < -0.39 is 61.8 Å². The number of hydrogen-bond donors (Lipinski definition) is 2. The summed E-state index contributed by atoms with van der Waals surface area (Å²) in [6, 6.07) is 6.50. The smallest absolute Gasteiger partial charge is 0.393 e. The number of benzene rings is 1. The van der Waals surface area contributed by atoms with Gasteiger partial charge in [0.05, 0.1) is 34.3 Å². The van der Waals surface area contributed by atoms with Gasteiger partial charge in [-0.3, -0.25) is 9.10 Å². The third kappa shape index (κ3) is 14.9. The number of hydrogen-bond acceptors (Lipinski definition) is 10. The van der Waals surface area contributed by atoms with E-state index in [4.69, 9.17) is 30.8 Å². The van der Waals surface area contributed by atoms with Crippen molar-refractivity contribution in [3.05, 3.63) is 58.1 Å². The molecule has 21 heteroatoms. The molecule has 0 bridgehead atoms. The van der Waals surface area contributed by atoms with Crippen LogP contribution in [0.2, 0.25) is 56.4 Å². The van der Waals surface area contributed by atoms with Gasteiger partial charge in [-0.2, -0.15) is 18.3 Å². The predicted octanol–water partition coefficient (Wildman–Crippen LogP) is 9.32. The molecule has 0 aliphatic rings. The third-order valence-electron chi connectivity index (χ3n) is 9.05. The van der Waals surface area contributed by atoms with Crippen LogP contribution in [0.1, 0.15) is 49.3 Å². The van der Waals surface area contributed by atoms with Crippen LogP contribution in [0, 0.1) is 5.82 Å². The number of anilines is 2. The third-order valence-corrected chi connectivity index (χ3v) is 13.9. The zero-order chi connectivity index (χ0) is 45.7. The van der Waals surface area contributed by atoms with Gasteiger partial charge in [0.25, 0.3) is 5.91 Å². The first-order chi connectivity index (χ1) is 28.0. The van der Waals surface area contributed by atoms with E-state index in [1.165, 1.54) is 23.0 Å². The molecular formula is C40H58ClF4N7O6SSi2. The number of carbonyl (C=O) groups excluding carboxylic acids is 1. The Morgan fingerprint density at radius 1 is 0.967 bits per heavy atom. The number of aromatic nitrogens is 4. The summed E-state index contributed by atoms with van der Waals surface area (Å²) in [7, 11) is -6.76.